The number of aryl methyl sites for hydroxylation is 1. The molecule has 0 aromatic carbocycles. The van der Waals surface area contributed by atoms with E-state index in [4.69, 9.17) is 4.74 Å². The molecule has 1 aromatic heterocycles. The largest absolute Gasteiger partial charge is 0.387 e. The number of hydrogen-bond acceptors (Lipinski definition) is 6. The minimum atomic E-state index is -0.645. The molecule has 4 saturated carbocycles. The van der Waals surface area contributed by atoms with E-state index in [1.807, 2.05) is 6.92 Å². The molecule has 178 valence electrons. The van der Waals surface area contributed by atoms with Crippen LogP contribution in [0.25, 0.3) is 0 Å². The first-order chi connectivity index (χ1) is 15.2. The van der Waals surface area contributed by atoms with Crippen LogP contribution in [0, 0.1) is 47.3 Å². The van der Waals surface area contributed by atoms with Crippen LogP contribution in [0.2, 0.25) is 0 Å². The molecule has 5 rings (SSSR count). The van der Waals surface area contributed by atoms with Gasteiger partial charge in [-0.15, -0.1) is 5.10 Å². The third-order valence-corrected chi connectivity index (χ3v) is 10.6. The number of aromatic nitrogens is 4. The summed E-state index contributed by atoms with van der Waals surface area (Å²) in [5, 5.41) is 22.7. The van der Waals surface area contributed by atoms with Crippen LogP contribution < -0.4 is 0 Å². The molecule has 7 heteroatoms. The Hall–Kier alpha value is -1.34. The number of hydrogen-bond donors (Lipinski definition) is 1. The molecule has 0 saturated heterocycles. The molecule has 4 aliphatic rings. The van der Waals surface area contributed by atoms with E-state index in [1.54, 1.807) is 11.8 Å². The zero-order valence-electron chi connectivity index (χ0n) is 20.2. The predicted molar refractivity (Wildman–Crippen MR) is 120 cm³/mol. The standard InChI is InChI=1S/C25H40N4O3/c1-16-26-27-28-29(16)14-22(30)21-8-7-19-18-6-5-17-13-25(31,15-32-4)12-11-23(17,2)20(18)9-10-24(19,21)3/h17-21,31H,5-15H2,1-4H3/t17-,18-,19-,20-,21+,23-,24-,25+/m0/s1. The molecule has 32 heavy (non-hydrogen) atoms. The molecule has 1 heterocycles. The smallest absolute Gasteiger partial charge is 0.158 e. The first-order valence-electron chi connectivity index (χ1n) is 12.7. The SMILES string of the molecule is COC[C@@]1(O)CC[C@@]2(C)[C@@H](CC[C@@H]3[C@@H]2CC[C@]2(C)[C@@H](C(=O)Cn4nnnc4C)CC[C@@H]32)C1. The van der Waals surface area contributed by atoms with Gasteiger partial charge in [0.15, 0.2) is 5.78 Å². The van der Waals surface area contributed by atoms with Crippen molar-refractivity contribution < 1.29 is 14.6 Å². The molecule has 8 atom stereocenters. The average molecular weight is 445 g/mol. The molecule has 0 spiro atoms. The zero-order valence-corrected chi connectivity index (χ0v) is 20.2. The third-order valence-electron chi connectivity index (χ3n) is 10.6. The molecule has 0 unspecified atom stereocenters. The van der Waals surface area contributed by atoms with Gasteiger partial charge in [0.05, 0.1) is 12.2 Å². The fourth-order valence-electron chi connectivity index (χ4n) is 8.90. The number of tetrazole rings is 1. The van der Waals surface area contributed by atoms with Gasteiger partial charge in [-0.3, -0.25) is 4.79 Å². The highest BCUT2D eigenvalue weighted by Gasteiger charge is 2.62. The maximum Gasteiger partial charge on any atom is 0.158 e. The number of methoxy groups -OCH3 is 1. The summed E-state index contributed by atoms with van der Waals surface area (Å²) in [7, 11) is 1.70. The summed E-state index contributed by atoms with van der Waals surface area (Å²) in [5.74, 6) is 3.81. The van der Waals surface area contributed by atoms with Crippen LogP contribution in [0.5, 0.6) is 0 Å². The van der Waals surface area contributed by atoms with Crippen molar-refractivity contribution in [3.8, 4) is 0 Å². The van der Waals surface area contributed by atoms with Crippen molar-refractivity contribution >= 4 is 5.78 Å². The van der Waals surface area contributed by atoms with Gasteiger partial charge < -0.3 is 9.84 Å². The van der Waals surface area contributed by atoms with E-state index in [0.29, 0.717) is 42.0 Å². The van der Waals surface area contributed by atoms with Gasteiger partial charge in [0.1, 0.15) is 12.4 Å². The summed E-state index contributed by atoms with van der Waals surface area (Å²) in [6, 6.07) is 0. The lowest BCUT2D eigenvalue weighted by Crippen LogP contribution is -2.57. The summed E-state index contributed by atoms with van der Waals surface area (Å²) in [4.78, 5) is 13.4. The van der Waals surface area contributed by atoms with Gasteiger partial charge in [-0.2, -0.15) is 0 Å². The maximum absolute atomic E-state index is 13.4. The summed E-state index contributed by atoms with van der Waals surface area (Å²) in [6.07, 6.45) is 9.86. The van der Waals surface area contributed by atoms with E-state index in [2.05, 4.69) is 29.4 Å². The predicted octanol–water partition coefficient (Wildman–Crippen LogP) is 3.59. The first kappa shape index (κ1) is 22.5. The van der Waals surface area contributed by atoms with E-state index in [0.717, 1.165) is 43.9 Å². The fraction of sp³-hybridized carbons (Fsp3) is 0.920. The Balaban J connectivity index is 1.33. The van der Waals surface area contributed by atoms with E-state index in [1.165, 1.54) is 25.7 Å². The molecule has 4 aliphatic carbocycles. The summed E-state index contributed by atoms with van der Waals surface area (Å²) in [6.45, 7) is 7.54. The quantitative estimate of drug-likeness (QED) is 0.746. The van der Waals surface area contributed by atoms with Gasteiger partial charge in [0.25, 0.3) is 0 Å². The van der Waals surface area contributed by atoms with Crippen LogP contribution in [-0.2, 0) is 16.1 Å². The van der Waals surface area contributed by atoms with E-state index in [9.17, 15) is 9.90 Å². The van der Waals surface area contributed by atoms with Crippen LogP contribution in [0.15, 0.2) is 0 Å². The number of rotatable bonds is 5. The van der Waals surface area contributed by atoms with Crippen molar-refractivity contribution in [2.75, 3.05) is 13.7 Å². The highest BCUT2D eigenvalue weighted by Crippen LogP contribution is 2.68. The summed E-state index contributed by atoms with van der Waals surface area (Å²) < 4.78 is 7.01. The molecular weight excluding hydrogens is 404 g/mol. The second kappa shape index (κ2) is 7.86. The number of ketones is 1. The molecular formula is C25H40N4O3. The Morgan fingerprint density at radius 1 is 1.09 bits per heavy atom. The number of aliphatic hydroxyl groups is 1. The highest BCUT2D eigenvalue weighted by molar-refractivity contribution is 5.82. The molecule has 4 fully saturated rings. The van der Waals surface area contributed by atoms with Gasteiger partial charge >= 0.3 is 0 Å². The van der Waals surface area contributed by atoms with Crippen LogP contribution in [0.3, 0.4) is 0 Å². The molecule has 1 N–H and O–H groups in total. The lowest BCUT2D eigenvalue weighted by Gasteiger charge is -2.62. The van der Waals surface area contributed by atoms with Gasteiger partial charge in [-0.25, -0.2) is 4.68 Å². The normalized spacial score (nSPS) is 45.7. The van der Waals surface area contributed by atoms with Gasteiger partial charge in [0.2, 0.25) is 0 Å². The van der Waals surface area contributed by atoms with Crippen molar-refractivity contribution in [1.82, 2.24) is 20.2 Å². The van der Waals surface area contributed by atoms with Gasteiger partial charge in [-0.05, 0) is 110 Å². The number of fused-ring (bicyclic) bond motifs is 5. The lowest BCUT2D eigenvalue weighted by atomic mass is 9.44. The van der Waals surface area contributed by atoms with Crippen molar-refractivity contribution in [2.45, 2.75) is 90.7 Å². The maximum atomic E-state index is 13.4. The topological polar surface area (TPSA) is 90.1 Å². The molecule has 0 bridgehead atoms. The second-order valence-electron chi connectivity index (χ2n) is 12.0. The van der Waals surface area contributed by atoms with Gasteiger partial charge in [0, 0.05) is 13.0 Å². The van der Waals surface area contributed by atoms with Crippen molar-refractivity contribution in [2.24, 2.45) is 40.4 Å². The number of carbonyl (C=O) groups is 1. The number of carbonyl (C=O) groups excluding carboxylic acids is 1. The Morgan fingerprint density at radius 3 is 2.59 bits per heavy atom. The Bertz CT molecular complexity index is 873. The van der Waals surface area contributed by atoms with Crippen LogP contribution >= 0.6 is 0 Å². The van der Waals surface area contributed by atoms with Crippen LogP contribution in [0.1, 0.15) is 77.5 Å². The van der Waals surface area contributed by atoms with E-state index < -0.39 is 5.60 Å². The zero-order chi connectivity index (χ0) is 22.7. The highest BCUT2D eigenvalue weighted by atomic mass is 16.5. The monoisotopic (exact) mass is 444 g/mol. The van der Waals surface area contributed by atoms with Crippen molar-refractivity contribution in [1.29, 1.82) is 0 Å². The molecule has 7 nitrogen and oxygen atoms in total. The first-order valence-corrected chi connectivity index (χ1v) is 12.7. The molecule has 0 aliphatic heterocycles. The Labute approximate surface area is 191 Å². The lowest BCUT2D eigenvalue weighted by molar-refractivity contribution is -0.164. The van der Waals surface area contributed by atoms with Crippen LogP contribution in [0.4, 0.5) is 0 Å². The Morgan fingerprint density at radius 2 is 1.88 bits per heavy atom. The second-order valence-corrected chi connectivity index (χ2v) is 12.0. The van der Waals surface area contributed by atoms with Crippen LogP contribution in [-0.4, -0.2) is 50.4 Å². The minimum absolute atomic E-state index is 0.106. The summed E-state index contributed by atoms with van der Waals surface area (Å²) in [5.41, 5.74) is -0.223. The van der Waals surface area contributed by atoms with Crippen molar-refractivity contribution in [3.05, 3.63) is 5.82 Å². The minimum Gasteiger partial charge on any atom is -0.387 e. The van der Waals surface area contributed by atoms with E-state index in [-0.39, 0.29) is 11.3 Å². The molecule has 0 amide bonds. The summed E-state index contributed by atoms with van der Waals surface area (Å²) >= 11 is 0. The molecule has 1 aromatic rings. The number of Topliss-reactive ketones (excluding diaryl/α,β-unsaturated/α-hetero) is 1. The number of nitrogens with zero attached hydrogens (tertiary/aromatic N) is 4. The fourth-order valence-corrected chi connectivity index (χ4v) is 8.90. The van der Waals surface area contributed by atoms with Crippen molar-refractivity contribution in [3.63, 3.8) is 0 Å². The Kier molecular flexibility index (Phi) is 5.52. The number of ether oxygens (including phenoxy) is 1. The van der Waals surface area contributed by atoms with Gasteiger partial charge in [-0.1, -0.05) is 13.8 Å². The van der Waals surface area contributed by atoms with E-state index >= 15 is 0 Å². The average Bonchev–Trinajstić information content (AvgIpc) is 3.31. The third kappa shape index (κ3) is 3.37. The molecule has 0 radical (unpaired) electrons.